The van der Waals surface area contributed by atoms with Crippen molar-refractivity contribution in [3.05, 3.63) is 199 Å². The summed E-state index contributed by atoms with van der Waals surface area (Å²) in [4.78, 5) is 5.26. The summed E-state index contributed by atoms with van der Waals surface area (Å²) in [5.74, 6) is 0. The van der Waals surface area contributed by atoms with Crippen molar-refractivity contribution in [1.29, 1.82) is 0 Å². The number of benzene rings is 9. The molecule has 9 aromatic carbocycles. The molecule has 0 fully saturated rings. The molecule has 300 valence electrons. The summed E-state index contributed by atoms with van der Waals surface area (Å²) >= 11 is 0. The third-order valence-corrected chi connectivity index (χ3v) is 13.4. The quantitative estimate of drug-likeness (QED) is 0.164. The maximum absolute atomic E-state index is 2.63. The van der Waals surface area contributed by atoms with Crippen molar-refractivity contribution in [3.63, 3.8) is 0 Å². The van der Waals surface area contributed by atoms with Crippen LogP contribution in [0.15, 0.2) is 182 Å². The predicted molar refractivity (Wildman–Crippen MR) is 268 cm³/mol. The summed E-state index contributed by atoms with van der Waals surface area (Å²) in [5.41, 5.74) is 20.0. The normalized spacial score (nSPS) is 13.3. The van der Waals surface area contributed by atoms with Gasteiger partial charge >= 0.3 is 0 Å². The molecule has 0 N–H and O–H groups in total. The van der Waals surface area contributed by atoms with E-state index in [-0.39, 0.29) is 17.5 Å². The molecule has 11 rings (SSSR count). The molecule has 0 radical (unpaired) electrons. The van der Waals surface area contributed by atoms with Crippen molar-refractivity contribution < 1.29 is 0 Å². The second-order valence-electron chi connectivity index (χ2n) is 19.5. The van der Waals surface area contributed by atoms with Gasteiger partial charge in [-0.05, 0) is 97.0 Å². The van der Waals surface area contributed by atoms with E-state index in [0.29, 0.717) is 0 Å². The highest BCUT2D eigenvalue weighted by Crippen LogP contribution is 2.52. The molecule has 0 amide bonds. The van der Waals surface area contributed by atoms with Gasteiger partial charge in [-0.25, -0.2) is 0 Å². The lowest BCUT2D eigenvalue weighted by molar-refractivity contribution is 0.590. The average Bonchev–Trinajstić information content (AvgIpc) is 3.28. The fraction of sp³-hybridized carbons (Fsp3) is 0.153. The minimum Gasteiger partial charge on any atom is -0.310 e. The van der Waals surface area contributed by atoms with Crippen molar-refractivity contribution >= 4 is 78.8 Å². The van der Waals surface area contributed by atoms with Gasteiger partial charge in [0.05, 0.1) is 11.4 Å². The highest BCUT2D eigenvalue weighted by Gasteiger charge is 2.45. The van der Waals surface area contributed by atoms with E-state index in [4.69, 9.17) is 0 Å². The first-order chi connectivity index (χ1) is 30.0. The Kier molecular flexibility index (Phi) is 8.67. The number of aryl methyl sites for hydroxylation is 1. The van der Waals surface area contributed by atoms with Crippen LogP contribution in [-0.2, 0) is 10.8 Å². The number of hydrogen-bond donors (Lipinski definition) is 0. The van der Waals surface area contributed by atoms with E-state index in [0.717, 1.165) is 0 Å². The SMILES string of the molecule is Cc1cc2c3c(c1)N(c1c(-c4ccccc4)ccc4ccccc14)c1ccc(C(C)(C)C)cc1B3c1cc(C(C)(C)C)ccc1N2c1c(-c2ccccc2)ccc2ccccc12. The van der Waals surface area contributed by atoms with Gasteiger partial charge in [-0.3, -0.25) is 0 Å². The van der Waals surface area contributed by atoms with Gasteiger partial charge in [-0.2, -0.15) is 0 Å². The van der Waals surface area contributed by atoms with Crippen LogP contribution in [0, 0.1) is 6.92 Å². The zero-order chi connectivity index (χ0) is 42.5. The molecule has 0 aromatic heterocycles. The van der Waals surface area contributed by atoms with Crippen molar-refractivity contribution in [2.45, 2.75) is 59.3 Å². The lowest BCUT2D eigenvalue weighted by Gasteiger charge is -2.46. The molecular weight excluding hydrogens is 747 g/mol. The van der Waals surface area contributed by atoms with Crippen LogP contribution in [0.2, 0.25) is 0 Å². The topological polar surface area (TPSA) is 6.48 Å². The molecule has 0 atom stereocenters. The molecule has 9 aromatic rings. The van der Waals surface area contributed by atoms with Crippen LogP contribution in [0.4, 0.5) is 34.1 Å². The molecule has 3 heteroatoms. The number of anilines is 6. The molecule has 0 saturated heterocycles. The molecule has 0 unspecified atom stereocenters. The van der Waals surface area contributed by atoms with E-state index in [1.165, 1.54) is 111 Å². The Morgan fingerprint density at radius 1 is 0.387 bits per heavy atom. The first-order valence-corrected chi connectivity index (χ1v) is 22.1. The second kappa shape index (κ2) is 14.1. The summed E-state index contributed by atoms with van der Waals surface area (Å²) in [6.45, 7) is 16.3. The van der Waals surface area contributed by atoms with Gasteiger partial charge < -0.3 is 9.80 Å². The zero-order valence-corrected chi connectivity index (χ0v) is 36.8. The number of fused-ring (bicyclic) bond motifs is 6. The van der Waals surface area contributed by atoms with Crippen molar-refractivity contribution in [2.75, 3.05) is 9.80 Å². The highest BCUT2D eigenvalue weighted by atomic mass is 15.2. The minimum absolute atomic E-state index is 0.00648. The first-order valence-electron chi connectivity index (χ1n) is 22.1. The first kappa shape index (κ1) is 38.1. The molecular formula is C59H51BN2. The van der Waals surface area contributed by atoms with Gasteiger partial charge in [-0.15, -0.1) is 0 Å². The zero-order valence-electron chi connectivity index (χ0n) is 36.8. The van der Waals surface area contributed by atoms with E-state index in [1.54, 1.807) is 0 Å². The molecule has 0 spiro atoms. The number of rotatable bonds is 4. The van der Waals surface area contributed by atoms with Gasteiger partial charge in [0.1, 0.15) is 0 Å². The maximum Gasteiger partial charge on any atom is 0.252 e. The molecule has 2 aliphatic heterocycles. The summed E-state index contributed by atoms with van der Waals surface area (Å²) in [5, 5.41) is 4.92. The lowest BCUT2D eigenvalue weighted by Crippen LogP contribution is -2.61. The Bertz CT molecular complexity index is 3010. The summed E-state index contributed by atoms with van der Waals surface area (Å²) in [7, 11) is 0. The molecule has 62 heavy (non-hydrogen) atoms. The smallest absolute Gasteiger partial charge is 0.252 e. The van der Waals surface area contributed by atoms with Gasteiger partial charge in [-0.1, -0.05) is 199 Å². The van der Waals surface area contributed by atoms with Gasteiger partial charge in [0, 0.05) is 44.6 Å². The van der Waals surface area contributed by atoms with E-state index in [9.17, 15) is 0 Å². The Labute approximate surface area is 367 Å². The molecule has 0 aliphatic carbocycles. The molecule has 0 saturated carbocycles. The van der Waals surface area contributed by atoms with E-state index >= 15 is 0 Å². The Hall–Kier alpha value is -6.84. The second-order valence-corrected chi connectivity index (χ2v) is 19.5. The van der Waals surface area contributed by atoms with Gasteiger partial charge in [0.25, 0.3) is 6.71 Å². The van der Waals surface area contributed by atoms with Gasteiger partial charge in [0.2, 0.25) is 0 Å². The minimum atomic E-state index is -0.0464. The van der Waals surface area contributed by atoms with E-state index < -0.39 is 0 Å². The number of hydrogen-bond acceptors (Lipinski definition) is 2. The predicted octanol–water partition coefficient (Wildman–Crippen LogP) is 14.3. The lowest BCUT2D eigenvalue weighted by atomic mass is 9.33. The van der Waals surface area contributed by atoms with Crippen molar-refractivity contribution in [3.8, 4) is 22.3 Å². The van der Waals surface area contributed by atoms with Gasteiger partial charge in [0.15, 0.2) is 0 Å². The van der Waals surface area contributed by atoms with Crippen LogP contribution in [0.3, 0.4) is 0 Å². The van der Waals surface area contributed by atoms with Crippen LogP contribution in [0.25, 0.3) is 43.8 Å². The third-order valence-electron chi connectivity index (χ3n) is 13.4. The summed E-state index contributed by atoms with van der Waals surface area (Å²) in [6.07, 6.45) is 0. The molecule has 2 aliphatic rings. The average molecular weight is 799 g/mol. The molecule has 2 heterocycles. The molecule has 0 bridgehead atoms. The monoisotopic (exact) mass is 798 g/mol. The Morgan fingerprint density at radius 2 is 0.790 bits per heavy atom. The van der Waals surface area contributed by atoms with Crippen LogP contribution in [0.1, 0.15) is 58.2 Å². The van der Waals surface area contributed by atoms with E-state index in [1.807, 2.05) is 0 Å². The summed E-state index contributed by atoms with van der Waals surface area (Å²) in [6, 6.07) is 68.6. The Balaban J connectivity index is 1.32. The van der Waals surface area contributed by atoms with Crippen LogP contribution >= 0.6 is 0 Å². The van der Waals surface area contributed by atoms with Crippen molar-refractivity contribution in [1.82, 2.24) is 0 Å². The fourth-order valence-corrected chi connectivity index (χ4v) is 10.3. The van der Waals surface area contributed by atoms with Crippen LogP contribution < -0.4 is 26.2 Å². The highest BCUT2D eigenvalue weighted by molar-refractivity contribution is 7.00. The largest absolute Gasteiger partial charge is 0.310 e. The third kappa shape index (κ3) is 6.01. The van der Waals surface area contributed by atoms with E-state index in [2.05, 4.69) is 240 Å². The standard InChI is InChI=1S/C59H51BN2/c1-38-34-53-55-54(35-38)62(57-46-25-17-15-23-42(46)27-31-48(57)40-20-12-9-13-21-40)52-33-29-44(59(5,6)7)37-50(52)60(55)49-36-43(58(2,3)4)28-32-51(49)61(53)56-45-24-16-14-22-41(45)26-30-47(56)39-18-10-8-11-19-39/h8-37H,1-7H3. The molecule has 2 nitrogen and oxygen atoms in total. The van der Waals surface area contributed by atoms with Crippen LogP contribution in [-0.4, -0.2) is 6.71 Å². The fourth-order valence-electron chi connectivity index (χ4n) is 10.3. The van der Waals surface area contributed by atoms with Crippen molar-refractivity contribution in [2.24, 2.45) is 0 Å². The maximum atomic E-state index is 2.63. The van der Waals surface area contributed by atoms with Crippen LogP contribution in [0.5, 0.6) is 0 Å². The Morgan fingerprint density at radius 3 is 1.21 bits per heavy atom. The number of nitrogens with zero attached hydrogens (tertiary/aromatic N) is 2. The summed E-state index contributed by atoms with van der Waals surface area (Å²) < 4.78 is 0.